The maximum atomic E-state index is 9.35. The molecule has 3 rings (SSSR count). The first-order chi connectivity index (χ1) is 10.3. The van der Waals surface area contributed by atoms with Gasteiger partial charge < -0.3 is 9.84 Å². The van der Waals surface area contributed by atoms with Gasteiger partial charge in [-0.3, -0.25) is 0 Å². The van der Waals surface area contributed by atoms with E-state index in [1.807, 2.05) is 48.5 Å². The molecular weight excluding hydrogens is 262 g/mol. The number of aryl methyl sites for hydroxylation is 1. The number of rotatable bonds is 4. The summed E-state index contributed by atoms with van der Waals surface area (Å²) in [6.07, 6.45) is 0.960. The number of hydrogen-bond acceptors (Lipinski definition) is 3. The van der Waals surface area contributed by atoms with Gasteiger partial charge in [0, 0.05) is 5.39 Å². The Morgan fingerprint density at radius 1 is 1.05 bits per heavy atom. The highest BCUT2D eigenvalue weighted by Crippen LogP contribution is 2.29. The number of pyridine rings is 1. The fourth-order valence-electron chi connectivity index (χ4n) is 2.32. The van der Waals surface area contributed by atoms with Crippen LogP contribution < -0.4 is 4.74 Å². The summed E-state index contributed by atoms with van der Waals surface area (Å²) in [7, 11) is 0. The second-order valence-electron chi connectivity index (χ2n) is 4.90. The third kappa shape index (κ3) is 2.88. The molecule has 0 aliphatic heterocycles. The summed E-state index contributed by atoms with van der Waals surface area (Å²) in [4.78, 5) is 4.40. The van der Waals surface area contributed by atoms with E-state index < -0.39 is 0 Å². The van der Waals surface area contributed by atoms with E-state index >= 15 is 0 Å². The van der Waals surface area contributed by atoms with Crippen molar-refractivity contribution in [3.63, 3.8) is 0 Å². The summed E-state index contributed by atoms with van der Waals surface area (Å²) in [5.74, 6) is 1.30. The summed E-state index contributed by atoms with van der Waals surface area (Å²) >= 11 is 0. The Bertz CT molecular complexity index is 768. The Morgan fingerprint density at radius 3 is 2.71 bits per heavy atom. The molecule has 0 fully saturated rings. The van der Waals surface area contributed by atoms with Gasteiger partial charge in [0.15, 0.2) is 0 Å². The maximum Gasteiger partial charge on any atom is 0.227 e. The molecule has 0 atom stereocenters. The van der Waals surface area contributed by atoms with Gasteiger partial charge in [-0.1, -0.05) is 37.3 Å². The molecule has 0 amide bonds. The average Bonchev–Trinajstić information content (AvgIpc) is 2.55. The Hall–Kier alpha value is -2.39. The predicted octanol–water partition coefficient (Wildman–Crippen LogP) is 4.08. The van der Waals surface area contributed by atoms with Crippen LogP contribution in [0.15, 0.2) is 54.6 Å². The lowest BCUT2D eigenvalue weighted by molar-refractivity contribution is 0.275. The van der Waals surface area contributed by atoms with E-state index in [0.717, 1.165) is 22.9 Å². The molecule has 0 spiro atoms. The third-order valence-corrected chi connectivity index (χ3v) is 3.44. The fourth-order valence-corrected chi connectivity index (χ4v) is 2.32. The fraction of sp³-hybridized carbons (Fsp3) is 0.167. The van der Waals surface area contributed by atoms with Crippen molar-refractivity contribution in [2.24, 2.45) is 0 Å². The number of aliphatic hydroxyl groups excluding tert-OH is 1. The number of nitrogens with zero attached hydrogens (tertiary/aromatic N) is 1. The largest absolute Gasteiger partial charge is 0.438 e. The van der Waals surface area contributed by atoms with Crippen LogP contribution >= 0.6 is 0 Å². The molecule has 0 radical (unpaired) electrons. The van der Waals surface area contributed by atoms with E-state index in [-0.39, 0.29) is 6.61 Å². The van der Waals surface area contributed by atoms with Crippen molar-refractivity contribution in [2.45, 2.75) is 20.0 Å². The van der Waals surface area contributed by atoms with Crippen LogP contribution in [-0.4, -0.2) is 10.1 Å². The van der Waals surface area contributed by atoms with Crippen LogP contribution in [0.5, 0.6) is 11.6 Å². The molecule has 1 heterocycles. The van der Waals surface area contributed by atoms with Gasteiger partial charge >= 0.3 is 0 Å². The first kappa shape index (κ1) is 13.6. The molecule has 3 nitrogen and oxygen atoms in total. The van der Waals surface area contributed by atoms with Crippen LogP contribution in [0.25, 0.3) is 10.8 Å². The SMILES string of the molecule is CCc1cccc(Oc2nc(CO)cc3ccccc23)c1. The number of hydrogen-bond donors (Lipinski definition) is 1. The minimum Gasteiger partial charge on any atom is -0.438 e. The number of benzene rings is 2. The van der Waals surface area contributed by atoms with Gasteiger partial charge in [0.05, 0.1) is 12.3 Å². The molecule has 1 aromatic heterocycles. The molecule has 0 unspecified atom stereocenters. The monoisotopic (exact) mass is 279 g/mol. The van der Waals surface area contributed by atoms with Gasteiger partial charge in [-0.25, -0.2) is 4.98 Å². The van der Waals surface area contributed by atoms with Gasteiger partial charge in [0.1, 0.15) is 5.75 Å². The van der Waals surface area contributed by atoms with Crippen molar-refractivity contribution in [1.82, 2.24) is 4.98 Å². The van der Waals surface area contributed by atoms with Gasteiger partial charge in [-0.05, 0) is 41.6 Å². The lowest BCUT2D eigenvalue weighted by Crippen LogP contribution is -1.95. The Morgan fingerprint density at radius 2 is 1.90 bits per heavy atom. The molecule has 3 aromatic rings. The quantitative estimate of drug-likeness (QED) is 0.782. The van der Waals surface area contributed by atoms with Gasteiger partial charge in [-0.15, -0.1) is 0 Å². The van der Waals surface area contributed by atoms with Crippen LogP contribution in [0.2, 0.25) is 0 Å². The summed E-state index contributed by atoms with van der Waals surface area (Å²) in [5.41, 5.74) is 1.82. The summed E-state index contributed by atoms with van der Waals surface area (Å²) in [6.45, 7) is 2.01. The first-order valence-electron chi connectivity index (χ1n) is 7.06. The minimum absolute atomic E-state index is 0.101. The van der Waals surface area contributed by atoms with Crippen LogP contribution in [0.1, 0.15) is 18.2 Å². The van der Waals surface area contributed by atoms with E-state index in [1.54, 1.807) is 0 Å². The lowest BCUT2D eigenvalue weighted by Gasteiger charge is -2.10. The molecule has 0 aliphatic carbocycles. The van der Waals surface area contributed by atoms with Crippen LogP contribution in [-0.2, 0) is 13.0 Å². The molecule has 21 heavy (non-hydrogen) atoms. The van der Waals surface area contributed by atoms with Crippen molar-refractivity contribution < 1.29 is 9.84 Å². The van der Waals surface area contributed by atoms with E-state index in [1.165, 1.54) is 5.56 Å². The summed E-state index contributed by atoms with van der Waals surface area (Å²) < 4.78 is 5.95. The third-order valence-electron chi connectivity index (χ3n) is 3.44. The maximum absolute atomic E-state index is 9.35. The van der Waals surface area contributed by atoms with Crippen LogP contribution in [0.4, 0.5) is 0 Å². The van der Waals surface area contributed by atoms with Gasteiger partial charge in [-0.2, -0.15) is 0 Å². The average molecular weight is 279 g/mol. The molecule has 0 saturated carbocycles. The first-order valence-corrected chi connectivity index (χ1v) is 7.06. The van der Waals surface area contributed by atoms with Crippen LogP contribution in [0, 0.1) is 0 Å². The molecule has 0 aliphatic rings. The lowest BCUT2D eigenvalue weighted by atomic mass is 10.1. The standard InChI is InChI=1S/C18H17NO2/c1-2-13-6-5-8-16(10-13)21-18-17-9-4-3-7-14(17)11-15(12-20)19-18/h3-11,20H,2,12H2,1H3. The normalized spacial score (nSPS) is 10.8. The second kappa shape index (κ2) is 5.94. The molecule has 0 saturated heterocycles. The van der Waals surface area contributed by atoms with E-state index in [0.29, 0.717) is 11.6 Å². The number of aromatic nitrogens is 1. The number of ether oxygens (including phenoxy) is 1. The van der Waals surface area contributed by atoms with Gasteiger partial charge in [0.2, 0.25) is 5.88 Å². The van der Waals surface area contributed by atoms with E-state index in [2.05, 4.69) is 18.0 Å². The zero-order valence-electron chi connectivity index (χ0n) is 11.9. The van der Waals surface area contributed by atoms with Crippen molar-refractivity contribution in [3.05, 3.63) is 65.9 Å². The second-order valence-corrected chi connectivity index (χ2v) is 4.90. The van der Waals surface area contributed by atoms with Crippen molar-refractivity contribution in [1.29, 1.82) is 0 Å². The molecule has 2 aromatic carbocycles. The van der Waals surface area contributed by atoms with Crippen LogP contribution in [0.3, 0.4) is 0 Å². The van der Waals surface area contributed by atoms with Crippen molar-refractivity contribution in [3.8, 4) is 11.6 Å². The Kier molecular flexibility index (Phi) is 3.84. The smallest absolute Gasteiger partial charge is 0.227 e. The molecule has 106 valence electrons. The molecule has 1 N–H and O–H groups in total. The zero-order valence-corrected chi connectivity index (χ0v) is 11.9. The highest BCUT2D eigenvalue weighted by molar-refractivity contribution is 5.87. The molecule has 0 bridgehead atoms. The highest BCUT2D eigenvalue weighted by Gasteiger charge is 2.08. The minimum atomic E-state index is -0.101. The summed E-state index contributed by atoms with van der Waals surface area (Å²) in [5, 5.41) is 11.3. The predicted molar refractivity (Wildman–Crippen MR) is 83.6 cm³/mol. The zero-order chi connectivity index (χ0) is 14.7. The highest BCUT2D eigenvalue weighted by atomic mass is 16.5. The number of aliphatic hydroxyl groups is 1. The van der Waals surface area contributed by atoms with Crippen molar-refractivity contribution in [2.75, 3.05) is 0 Å². The van der Waals surface area contributed by atoms with E-state index in [4.69, 9.17) is 4.74 Å². The van der Waals surface area contributed by atoms with Crippen molar-refractivity contribution >= 4 is 10.8 Å². The molecule has 3 heteroatoms. The Labute approximate surface area is 123 Å². The van der Waals surface area contributed by atoms with Gasteiger partial charge in [0.25, 0.3) is 0 Å². The molecular formula is C18H17NO2. The summed E-state index contributed by atoms with van der Waals surface area (Å²) in [6, 6.07) is 17.7. The van der Waals surface area contributed by atoms with E-state index in [9.17, 15) is 5.11 Å². The Balaban J connectivity index is 2.06. The topological polar surface area (TPSA) is 42.4 Å². The number of fused-ring (bicyclic) bond motifs is 1.